The van der Waals surface area contributed by atoms with Gasteiger partial charge in [0.2, 0.25) is 0 Å². The van der Waals surface area contributed by atoms with Gasteiger partial charge < -0.3 is 10.2 Å². The molecule has 5 nitrogen and oxygen atoms in total. The summed E-state index contributed by atoms with van der Waals surface area (Å²) < 4.78 is 0. The van der Waals surface area contributed by atoms with Crippen molar-refractivity contribution in [3.63, 3.8) is 0 Å². The van der Waals surface area contributed by atoms with E-state index in [1.54, 1.807) is 30.6 Å². The Kier molecular flexibility index (Phi) is 3.90. The number of para-hydroxylation sites is 1. The van der Waals surface area contributed by atoms with E-state index in [0.717, 1.165) is 12.2 Å². The number of nitrogens with zero attached hydrogens (tertiary/aromatic N) is 3. The number of nitrogens with one attached hydrogen (secondary N) is 1. The number of carbonyl (C=O) groups excluding carboxylic acids is 1. The van der Waals surface area contributed by atoms with Gasteiger partial charge in [0.25, 0.3) is 5.91 Å². The van der Waals surface area contributed by atoms with Crippen molar-refractivity contribution in [3.05, 3.63) is 78.1 Å². The van der Waals surface area contributed by atoms with E-state index >= 15 is 0 Å². The SMILES string of the molecule is CC1Cc2ccccc2N1c1ccc(C(=O)Nc2ccccn2)cn1. The molecule has 3 heterocycles. The molecule has 2 aromatic heterocycles. The van der Waals surface area contributed by atoms with Crippen molar-refractivity contribution in [1.82, 2.24) is 9.97 Å². The Hall–Kier alpha value is -3.21. The zero-order valence-electron chi connectivity index (χ0n) is 13.9. The molecule has 5 heteroatoms. The molecule has 1 atom stereocenters. The summed E-state index contributed by atoms with van der Waals surface area (Å²) in [4.78, 5) is 23.1. The highest BCUT2D eigenvalue weighted by atomic mass is 16.1. The lowest BCUT2D eigenvalue weighted by atomic mass is 10.1. The monoisotopic (exact) mass is 330 g/mol. The van der Waals surface area contributed by atoms with Gasteiger partial charge in [-0.3, -0.25) is 4.79 Å². The molecule has 0 bridgehead atoms. The summed E-state index contributed by atoms with van der Waals surface area (Å²) in [5.41, 5.74) is 3.02. The second-order valence-corrected chi connectivity index (χ2v) is 6.13. The minimum absolute atomic E-state index is 0.215. The first-order chi connectivity index (χ1) is 12.2. The summed E-state index contributed by atoms with van der Waals surface area (Å²) in [7, 11) is 0. The molecule has 0 spiro atoms. The Morgan fingerprint density at radius 3 is 2.68 bits per heavy atom. The summed E-state index contributed by atoms with van der Waals surface area (Å²) in [6.45, 7) is 2.18. The molecule has 1 aliphatic rings. The Balaban J connectivity index is 1.55. The third-order valence-corrected chi connectivity index (χ3v) is 4.37. The second-order valence-electron chi connectivity index (χ2n) is 6.13. The fourth-order valence-electron chi connectivity index (χ4n) is 3.20. The van der Waals surface area contributed by atoms with Gasteiger partial charge in [0.1, 0.15) is 11.6 Å². The Morgan fingerprint density at radius 1 is 1.08 bits per heavy atom. The van der Waals surface area contributed by atoms with Crippen LogP contribution in [0.2, 0.25) is 0 Å². The van der Waals surface area contributed by atoms with Crippen LogP contribution in [0.4, 0.5) is 17.3 Å². The van der Waals surface area contributed by atoms with Crippen molar-refractivity contribution >= 4 is 23.2 Å². The van der Waals surface area contributed by atoms with Gasteiger partial charge in [-0.25, -0.2) is 9.97 Å². The lowest BCUT2D eigenvalue weighted by molar-refractivity contribution is 0.102. The molecule has 0 aliphatic carbocycles. The molecule has 1 amide bonds. The molecule has 1 N–H and O–H groups in total. The lowest BCUT2D eigenvalue weighted by Gasteiger charge is -2.23. The molecule has 1 aliphatic heterocycles. The third kappa shape index (κ3) is 2.96. The largest absolute Gasteiger partial charge is 0.323 e. The van der Waals surface area contributed by atoms with Crippen LogP contribution >= 0.6 is 0 Å². The molecular formula is C20H18N4O. The van der Waals surface area contributed by atoms with Crippen LogP contribution in [0.5, 0.6) is 0 Å². The van der Waals surface area contributed by atoms with E-state index in [9.17, 15) is 4.79 Å². The standard InChI is InChI=1S/C20H18N4O/c1-14-12-15-6-2-3-7-17(15)24(14)19-10-9-16(13-22-19)20(25)23-18-8-4-5-11-21-18/h2-11,13-14H,12H2,1H3,(H,21,23,25). The Bertz CT molecular complexity index is 893. The zero-order chi connectivity index (χ0) is 17.2. The van der Waals surface area contributed by atoms with Crippen molar-refractivity contribution in [1.29, 1.82) is 0 Å². The maximum absolute atomic E-state index is 12.3. The smallest absolute Gasteiger partial charge is 0.258 e. The quantitative estimate of drug-likeness (QED) is 0.793. The van der Waals surface area contributed by atoms with Gasteiger partial charge in [0.05, 0.1) is 5.56 Å². The topological polar surface area (TPSA) is 58.1 Å². The van der Waals surface area contributed by atoms with Gasteiger partial charge in [-0.15, -0.1) is 0 Å². The molecule has 1 unspecified atom stereocenters. The highest BCUT2D eigenvalue weighted by Crippen LogP contribution is 2.36. The van der Waals surface area contributed by atoms with Gasteiger partial charge >= 0.3 is 0 Å². The predicted octanol–water partition coefficient (Wildman–Crippen LogP) is 3.81. The number of anilines is 3. The van der Waals surface area contributed by atoms with Crippen LogP contribution in [0, 0.1) is 0 Å². The first-order valence-electron chi connectivity index (χ1n) is 8.28. The van der Waals surface area contributed by atoms with Crippen LogP contribution in [0.25, 0.3) is 0 Å². The van der Waals surface area contributed by atoms with Gasteiger partial charge in [-0.1, -0.05) is 24.3 Å². The summed E-state index contributed by atoms with van der Waals surface area (Å²) >= 11 is 0. The fourth-order valence-corrected chi connectivity index (χ4v) is 3.20. The fraction of sp³-hybridized carbons (Fsp3) is 0.150. The van der Waals surface area contributed by atoms with E-state index in [4.69, 9.17) is 0 Å². The van der Waals surface area contributed by atoms with Crippen molar-refractivity contribution in [2.24, 2.45) is 0 Å². The molecular weight excluding hydrogens is 312 g/mol. The molecule has 0 saturated carbocycles. The van der Waals surface area contributed by atoms with Crippen LogP contribution in [-0.4, -0.2) is 21.9 Å². The molecule has 124 valence electrons. The summed E-state index contributed by atoms with van der Waals surface area (Å²) in [5, 5.41) is 2.77. The minimum atomic E-state index is -0.215. The van der Waals surface area contributed by atoms with Gasteiger partial charge in [0.15, 0.2) is 0 Å². The van der Waals surface area contributed by atoms with Crippen LogP contribution < -0.4 is 10.2 Å². The van der Waals surface area contributed by atoms with E-state index in [1.165, 1.54) is 11.3 Å². The first-order valence-corrected chi connectivity index (χ1v) is 8.28. The number of benzene rings is 1. The number of fused-ring (bicyclic) bond motifs is 1. The summed E-state index contributed by atoms with van der Waals surface area (Å²) in [5.74, 6) is 1.16. The van der Waals surface area contributed by atoms with Crippen LogP contribution in [0.3, 0.4) is 0 Å². The number of carbonyl (C=O) groups is 1. The molecule has 1 aromatic carbocycles. The van der Waals surface area contributed by atoms with Crippen LogP contribution in [0.15, 0.2) is 67.0 Å². The highest BCUT2D eigenvalue weighted by molar-refractivity contribution is 6.03. The van der Waals surface area contributed by atoms with E-state index in [2.05, 4.69) is 45.3 Å². The van der Waals surface area contributed by atoms with Crippen molar-refractivity contribution in [3.8, 4) is 0 Å². The van der Waals surface area contributed by atoms with E-state index in [0.29, 0.717) is 17.4 Å². The summed E-state index contributed by atoms with van der Waals surface area (Å²) in [6.07, 6.45) is 4.25. The van der Waals surface area contributed by atoms with Gasteiger partial charge in [-0.05, 0) is 49.2 Å². The second kappa shape index (κ2) is 6.36. The third-order valence-electron chi connectivity index (χ3n) is 4.37. The predicted molar refractivity (Wildman–Crippen MR) is 98.2 cm³/mol. The maximum atomic E-state index is 12.3. The lowest BCUT2D eigenvalue weighted by Crippen LogP contribution is -2.25. The van der Waals surface area contributed by atoms with Crippen LogP contribution in [0.1, 0.15) is 22.8 Å². The van der Waals surface area contributed by atoms with Crippen molar-refractivity contribution < 1.29 is 4.79 Å². The summed E-state index contributed by atoms with van der Waals surface area (Å²) in [6, 6.07) is 17.8. The van der Waals surface area contributed by atoms with E-state index < -0.39 is 0 Å². The number of pyridine rings is 2. The molecule has 0 radical (unpaired) electrons. The molecule has 25 heavy (non-hydrogen) atoms. The molecule has 3 aromatic rings. The number of hydrogen-bond acceptors (Lipinski definition) is 4. The average molecular weight is 330 g/mol. The molecule has 0 fully saturated rings. The zero-order valence-corrected chi connectivity index (χ0v) is 13.9. The Labute approximate surface area is 146 Å². The number of hydrogen-bond donors (Lipinski definition) is 1. The number of aromatic nitrogens is 2. The normalized spacial score (nSPS) is 15.7. The van der Waals surface area contributed by atoms with E-state index in [-0.39, 0.29) is 5.91 Å². The van der Waals surface area contributed by atoms with Crippen LogP contribution in [-0.2, 0) is 6.42 Å². The van der Waals surface area contributed by atoms with Crippen molar-refractivity contribution in [2.45, 2.75) is 19.4 Å². The van der Waals surface area contributed by atoms with Crippen molar-refractivity contribution in [2.75, 3.05) is 10.2 Å². The van der Waals surface area contributed by atoms with Gasteiger partial charge in [-0.2, -0.15) is 0 Å². The van der Waals surface area contributed by atoms with Gasteiger partial charge in [0, 0.05) is 24.1 Å². The maximum Gasteiger partial charge on any atom is 0.258 e. The average Bonchev–Trinajstić information content (AvgIpc) is 2.98. The number of amides is 1. The molecule has 0 saturated heterocycles. The number of rotatable bonds is 3. The molecule has 4 rings (SSSR count). The van der Waals surface area contributed by atoms with E-state index in [1.807, 2.05) is 18.2 Å². The highest BCUT2D eigenvalue weighted by Gasteiger charge is 2.27. The first kappa shape index (κ1) is 15.3. The minimum Gasteiger partial charge on any atom is -0.323 e. The Morgan fingerprint density at radius 2 is 1.92 bits per heavy atom.